The predicted octanol–water partition coefficient (Wildman–Crippen LogP) is 6.22. The number of halogens is 2. The first kappa shape index (κ1) is 31.5. The molecule has 3 aromatic rings. The Balaban J connectivity index is 2.03. The molecule has 0 saturated heterocycles. The van der Waals surface area contributed by atoms with Gasteiger partial charge in [-0.15, -0.1) is 0 Å². The van der Waals surface area contributed by atoms with Crippen molar-refractivity contribution in [2.24, 2.45) is 0 Å². The minimum absolute atomic E-state index is 0.0286. The van der Waals surface area contributed by atoms with E-state index in [1.54, 1.807) is 18.2 Å². The second-order valence-electron chi connectivity index (χ2n) is 9.52. The van der Waals surface area contributed by atoms with Crippen LogP contribution in [0.1, 0.15) is 44.2 Å². The maximum absolute atomic E-state index is 14.0. The first-order valence-electron chi connectivity index (χ1n) is 13.2. The first-order chi connectivity index (χ1) is 19.1. The molecule has 1 atom stereocenters. The molecule has 0 unspecified atom stereocenters. The fourth-order valence-electron chi connectivity index (χ4n) is 4.21. The number of aryl methyl sites for hydroxylation is 1. The van der Waals surface area contributed by atoms with Crippen LogP contribution in [0.5, 0.6) is 0 Å². The second-order valence-corrected chi connectivity index (χ2v) is 12.3. The molecular formula is C30H35Cl2N3O4S. The molecule has 0 saturated carbocycles. The standard InChI is InChI=1S/C30H35Cl2N3O4S/c1-4-6-18-33-30(37)28(5-2)34(20-23-12-10-22(3)11-13-23)29(36)21-35(26-9-7-8-25(32)19-26)40(38,39)27-16-14-24(31)15-17-27/h7-17,19,28H,4-6,18,20-21H2,1-3H3,(H,33,37)/t28-/m1/s1. The highest BCUT2D eigenvalue weighted by atomic mass is 35.5. The van der Waals surface area contributed by atoms with Crippen LogP contribution in [0.3, 0.4) is 0 Å². The van der Waals surface area contributed by atoms with Crippen LogP contribution in [0, 0.1) is 6.92 Å². The summed E-state index contributed by atoms with van der Waals surface area (Å²) in [4.78, 5) is 28.7. The van der Waals surface area contributed by atoms with Crippen LogP contribution in [-0.4, -0.2) is 44.3 Å². The molecule has 0 fully saturated rings. The van der Waals surface area contributed by atoms with Crippen molar-refractivity contribution < 1.29 is 18.0 Å². The third-order valence-corrected chi connectivity index (χ3v) is 8.74. The Hall–Kier alpha value is -3.07. The smallest absolute Gasteiger partial charge is 0.264 e. The number of sulfonamides is 1. The van der Waals surface area contributed by atoms with Crippen molar-refractivity contribution in [2.75, 3.05) is 17.4 Å². The molecule has 214 valence electrons. The van der Waals surface area contributed by atoms with E-state index in [2.05, 4.69) is 5.32 Å². The number of nitrogens with one attached hydrogen (secondary N) is 1. The van der Waals surface area contributed by atoms with Gasteiger partial charge < -0.3 is 10.2 Å². The summed E-state index contributed by atoms with van der Waals surface area (Å²) in [6.45, 7) is 5.94. The zero-order valence-electron chi connectivity index (χ0n) is 22.9. The Labute approximate surface area is 247 Å². The summed E-state index contributed by atoms with van der Waals surface area (Å²) < 4.78 is 28.7. The molecule has 0 aliphatic carbocycles. The molecule has 0 aliphatic rings. The van der Waals surface area contributed by atoms with Crippen molar-refractivity contribution in [3.05, 3.63) is 94.0 Å². The molecule has 3 rings (SSSR count). The molecule has 7 nitrogen and oxygen atoms in total. The summed E-state index contributed by atoms with van der Waals surface area (Å²) in [6, 6.07) is 18.9. The fraction of sp³-hybridized carbons (Fsp3) is 0.333. The average Bonchev–Trinajstić information content (AvgIpc) is 2.93. The first-order valence-corrected chi connectivity index (χ1v) is 15.4. The lowest BCUT2D eigenvalue weighted by Crippen LogP contribution is -2.52. The number of anilines is 1. The summed E-state index contributed by atoms with van der Waals surface area (Å²) in [5.41, 5.74) is 2.12. The van der Waals surface area contributed by atoms with Gasteiger partial charge in [0.25, 0.3) is 10.0 Å². The number of benzene rings is 3. The molecular weight excluding hydrogens is 569 g/mol. The van der Waals surface area contributed by atoms with Gasteiger partial charge in [-0.1, -0.05) is 79.4 Å². The topological polar surface area (TPSA) is 86.8 Å². The van der Waals surface area contributed by atoms with E-state index in [0.29, 0.717) is 23.0 Å². The monoisotopic (exact) mass is 603 g/mol. The summed E-state index contributed by atoms with van der Waals surface area (Å²) in [5, 5.41) is 3.63. The molecule has 0 radical (unpaired) electrons. The Morgan fingerprint density at radius 1 is 0.925 bits per heavy atom. The molecule has 40 heavy (non-hydrogen) atoms. The van der Waals surface area contributed by atoms with Crippen molar-refractivity contribution in [1.82, 2.24) is 10.2 Å². The number of carbonyl (C=O) groups is 2. The fourth-order valence-corrected chi connectivity index (χ4v) is 5.93. The maximum Gasteiger partial charge on any atom is 0.264 e. The third-order valence-electron chi connectivity index (χ3n) is 6.47. The predicted molar refractivity (Wildman–Crippen MR) is 161 cm³/mol. The normalized spacial score (nSPS) is 12.0. The Kier molecular flexibility index (Phi) is 11.4. The van der Waals surface area contributed by atoms with Crippen molar-refractivity contribution in [3.8, 4) is 0 Å². The van der Waals surface area contributed by atoms with Crippen LogP contribution in [0.4, 0.5) is 5.69 Å². The summed E-state index contributed by atoms with van der Waals surface area (Å²) >= 11 is 12.2. The van der Waals surface area contributed by atoms with Gasteiger partial charge in [0.2, 0.25) is 11.8 Å². The van der Waals surface area contributed by atoms with Crippen LogP contribution in [0.15, 0.2) is 77.7 Å². The number of amides is 2. The van der Waals surface area contributed by atoms with Gasteiger partial charge in [0.1, 0.15) is 12.6 Å². The third kappa shape index (κ3) is 8.22. The lowest BCUT2D eigenvalue weighted by Gasteiger charge is -2.33. The van der Waals surface area contributed by atoms with E-state index in [4.69, 9.17) is 23.2 Å². The number of hydrogen-bond donors (Lipinski definition) is 1. The highest BCUT2D eigenvalue weighted by Gasteiger charge is 2.33. The largest absolute Gasteiger partial charge is 0.354 e. The van der Waals surface area contributed by atoms with Gasteiger partial charge in [-0.3, -0.25) is 13.9 Å². The van der Waals surface area contributed by atoms with Crippen molar-refractivity contribution in [1.29, 1.82) is 0 Å². The second kappa shape index (κ2) is 14.5. The van der Waals surface area contributed by atoms with Gasteiger partial charge in [-0.25, -0.2) is 8.42 Å². The zero-order valence-corrected chi connectivity index (χ0v) is 25.3. The van der Waals surface area contributed by atoms with Crippen LogP contribution < -0.4 is 9.62 Å². The highest BCUT2D eigenvalue weighted by molar-refractivity contribution is 7.92. The molecule has 0 bridgehead atoms. The molecule has 2 amide bonds. The Morgan fingerprint density at radius 3 is 2.20 bits per heavy atom. The lowest BCUT2D eigenvalue weighted by molar-refractivity contribution is -0.140. The SMILES string of the molecule is CCCCNC(=O)[C@@H](CC)N(Cc1ccc(C)cc1)C(=O)CN(c1cccc(Cl)c1)S(=O)(=O)c1ccc(Cl)cc1. The molecule has 0 aliphatic heterocycles. The minimum Gasteiger partial charge on any atom is -0.354 e. The zero-order chi connectivity index (χ0) is 29.3. The highest BCUT2D eigenvalue weighted by Crippen LogP contribution is 2.27. The summed E-state index contributed by atoms with van der Waals surface area (Å²) in [5.74, 6) is -0.790. The van der Waals surface area contributed by atoms with E-state index in [1.165, 1.54) is 35.2 Å². The van der Waals surface area contributed by atoms with Gasteiger partial charge in [-0.2, -0.15) is 0 Å². The van der Waals surface area contributed by atoms with Crippen LogP contribution in [0.25, 0.3) is 0 Å². The lowest BCUT2D eigenvalue weighted by atomic mass is 10.1. The molecule has 3 aromatic carbocycles. The van der Waals surface area contributed by atoms with Crippen molar-refractivity contribution in [3.63, 3.8) is 0 Å². The summed E-state index contributed by atoms with van der Waals surface area (Å²) in [7, 11) is -4.20. The molecule has 10 heteroatoms. The number of hydrogen-bond acceptors (Lipinski definition) is 4. The van der Waals surface area contributed by atoms with Crippen LogP contribution >= 0.6 is 23.2 Å². The van der Waals surface area contributed by atoms with Gasteiger partial charge in [-0.05, 0) is 67.8 Å². The van der Waals surface area contributed by atoms with Crippen molar-refractivity contribution >= 4 is 50.7 Å². The maximum atomic E-state index is 14.0. The summed E-state index contributed by atoms with van der Waals surface area (Å²) in [6.07, 6.45) is 2.09. The van der Waals surface area contributed by atoms with E-state index < -0.39 is 28.5 Å². The van der Waals surface area contributed by atoms with E-state index in [9.17, 15) is 18.0 Å². The number of rotatable bonds is 13. The van der Waals surface area contributed by atoms with E-state index >= 15 is 0 Å². The van der Waals surface area contributed by atoms with E-state index in [-0.39, 0.29) is 23.0 Å². The van der Waals surface area contributed by atoms with Crippen LogP contribution in [0.2, 0.25) is 10.0 Å². The minimum atomic E-state index is -4.20. The average molecular weight is 605 g/mol. The van der Waals surface area contributed by atoms with E-state index in [1.807, 2.05) is 45.0 Å². The van der Waals surface area contributed by atoms with Gasteiger partial charge in [0.15, 0.2) is 0 Å². The van der Waals surface area contributed by atoms with Gasteiger partial charge in [0, 0.05) is 23.1 Å². The molecule has 1 N–H and O–H groups in total. The van der Waals surface area contributed by atoms with Gasteiger partial charge in [0.05, 0.1) is 10.6 Å². The molecule has 0 aromatic heterocycles. The number of nitrogens with zero attached hydrogens (tertiary/aromatic N) is 2. The Morgan fingerprint density at radius 2 is 1.60 bits per heavy atom. The number of carbonyl (C=O) groups excluding carboxylic acids is 2. The van der Waals surface area contributed by atoms with Crippen molar-refractivity contribution in [2.45, 2.75) is 57.5 Å². The quantitative estimate of drug-likeness (QED) is 0.235. The van der Waals surface area contributed by atoms with Crippen LogP contribution in [-0.2, 0) is 26.2 Å². The van der Waals surface area contributed by atoms with Gasteiger partial charge >= 0.3 is 0 Å². The molecule has 0 spiro atoms. The Bertz CT molecular complexity index is 1400. The number of unbranched alkanes of at least 4 members (excludes halogenated alkanes) is 1. The van der Waals surface area contributed by atoms with E-state index in [0.717, 1.165) is 28.3 Å². The molecule has 0 heterocycles.